The van der Waals surface area contributed by atoms with Gasteiger partial charge in [-0.3, -0.25) is 0 Å². The molecule has 1 fully saturated rings. The minimum atomic E-state index is 0.889. The van der Waals surface area contributed by atoms with Crippen molar-refractivity contribution in [3.05, 3.63) is 34.3 Å². The molecule has 1 saturated carbocycles. The third kappa shape index (κ3) is 4.29. The third-order valence-electron chi connectivity index (χ3n) is 3.98. The fourth-order valence-electron chi connectivity index (χ4n) is 2.80. The Hall–Kier alpha value is -0.530. The maximum Gasteiger partial charge on any atom is 0.0453 e. The van der Waals surface area contributed by atoms with Crippen LogP contribution in [0, 0.1) is 12.8 Å². The van der Waals surface area contributed by atoms with Crippen LogP contribution in [0.25, 0.3) is 0 Å². The summed E-state index contributed by atoms with van der Waals surface area (Å²) < 4.78 is 0. The van der Waals surface area contributed by atoms with Gasteiger partial charge in [0.2, 0.25) is 0 Å². The van der Waals surface area contributed by atoms with Gasteiger partial charge in [-0.05, 0) is 43.0 Å². The number of rotatable bonds is 5. The first kappa shape index (κ1) is 13.9. The smallest absolute Gasteiger partial charge is 0.0453 e. The highest BCUT2D eigenvalue weighted by Crippen LogP contribution is 2.25. The zero-order valence-electron chi connectivity index (χ0n) is 11.3. The lowest BCUT2D eigenvalue weighted by atomic mass is 9.87. The maximum atomic E-state index is 6.22. The lowest BCUT2D eigenvalue weighted by molar-refractivity contribution is 0.334. The molecule has 0 aliphatic heterocycles. The molecule has 0 atom stereocenters. The van der Waals surface area contributed by atoms with Gasteiger partial charge in [0.25, 0.3) is 0 Å². The predicted octanol–water partition coefficient (Wildman–Crippen LogP) is 4.71. The van der Waals surface area contributed by atoms with Crippen LogP contribution in [0.5, 0.6) is 0 Å². The first-order valence-corrected chi connectivity index (χ1v) is 7.59. The number of hydrogen-bond acceptors (Lipinski definition) is 1. The summed E-state index contributed by atoms with van der Waals surface area (Å²) in [7, 11) is 0. The molecule has 1 aliphatic rings. The van der Waals surface area contributed by atoms with E-state index in [1.807, 2.05) is 6.07 Å². The van der Waals surface area contributed by atoms with Crippen LogP contribution in [0.3, 0.4) is 0 Å². The summed E-state index contributed by atoms with van der Waals surface area (Å²) in [5.74, 6) is 0.958. The van der Waals surface area contributed by atoms with Crippen molar-refractivity contribution in [1.82, 2.24) is 5.32 Å². The molecule has 0 amide bonds. The summed E-state index contributed by atoms with van der Waals surface area (Å²) in [5, 5.41) is 4.41. The highest BCUT2D eigenvalue weighted by atomic mass is 35.5. The normalized spacial score (nSPS) is 17.0. The number of aryl methyl sites for hydroxylation is 1. The Labute approximate surface area is 116 Å². The third-order valence-corrected chi connectivity index (χ3v) is 4.33. The van der Waals surface area contributed by atoms with E-state index in [1.54, 1.807) is 0 Å². The van der Waals surface area contributed by atoms with Gasteiger partial charge in [-0.25, -0.2) is 0 Å². The number of halogens is 1. The second-order valence-corrected chi connectivity index (χ2v) is 5.97. The molecular formula is C16H24ClN. The molecule has 0 spiro atoms. The highest BCUT2D eigenvalue weighted by molar-refractivity contribution is 6.31. The molecule has 0 radical (unpaired) electrons. The number of nitrogens with one attached hydrogen (secondary N) is 1. The van der Waals surface area contributed by atoms with Crippen molar-refractivity contribution in [1.29, 1.82) is 0 Å². The van der Waals surface area contributed by atoms with E-state index in [-0.39, 0.29) is 0 Å². The molecule has 2 heteroatoms. The first-order chi connectivity index (χ1) is 8.75. The van der Waals surface area contributed by atoms with Gasteiger partial charge in [-0.2, -0.15) is 0 Å². The van der Waals surface area contributed by atoms with E-state index in [2.05, 4.69) is 24.4 Å². The molecule has 0 heterocycles. The molecule has 18 heavy (non-hydrogen) atoms. The Morgan fingerprint density at radius 2 is 2.00 bits per heavy atom. The quantitative estimate of drug-likeness (QED) is 0.761. The fraction of sp³-hybridized carbons (Fsp3) is 0.625. The van der Waals surface area contributed by atoms with E-state index in [0.29, 0.717) is 0 Å². The predicted molar refractivity (Wildman–Crippen MR) is 79.1 cm³/mol. The number of benzene rings is 1. The summed E-state index contributed by atoms with van der Waals surface area (Å²) in [6.45, 7) is 4.09. The zero-order valence-corrected chi connectivity index (χ0v) is 12.1. The van der Waals surface area contributed by atoms with Crippen LogP contribution >= 0.6 is 11.6 Å². The zero-order chi connectivity index (χ0) is 12.8. The second kappa shape index (κ2) is 7.16. The van der Waals surface area contributed by atoms with Gasteiger partial charge < -0.3 is 5.32 Å². The molecule has 0 saturated heterocycles. The first-order valence-electron chi connectivity index (χ1n) is 7.21. The van der Waals surface area contributed by atoms with Crippen molar-refractivity contribution in [2.75, 3.05) is 6.54 Å². The van der Waals surface area contributed by atoms with Gasteiger partial charge in [0.15, 0.2) is 0 Å². The van der Waals surface area contributed by atoms with Crippen molar-refractivity contribution in [2.24, 2.45) is 5.92 Å². The van der Waals surface area contributed by atoms with Gasteiger partial charge >= 0.3 is 0 Å². The molecule has 0 bridgehead atoms. The minimum absolute atomic E-state index is 0.889. The van der Waals surface area contributed by atoms with Crippen LogP contribution in [0.4, 0.5) is 0 Å². The number of hydrogen-bond donors (Lipinski definition) is 1. The lowest BCUT2D eigenvalue weighted by Crippen LogP contribution is -2.19. The molecule has 1 N–H and O–H groups in total. The van der Waals surface area contributed by atoms with Gasteiger partial charge in [0.1, 0.15) is 0 Å². The van der Waals surface area contributed by atoms with Crippen LogP contribution in [-0.4, -0.2) is 6.54 Å². The van der Waals surface area contributed by atoms with Crippen LogP contribution < -0.4 is 5.32 Å². The molecule has 0 unspecified atom stereocenters. The highest BCUT2D eigenvalue weighted by Gasteiger charge is 2.12. The summed E-state index contributed by atoms with van der Waals surface area (Å²) in [6, 6.07) is 6.30. The SMILES string of the molecule is Cc1ccc(CNCCC2CCCCC2)c(Cl)c1. The van der Waals surface area contributed by atoms with Gasteiger partial charge in [0.05, 0.1) is 0 Å². The van der Waals surface area contributed by atoms with E-state index >= 15 is 0 Å². The summed E-state index contributed by atoms with van der Waals surface area (Å²) in [6.07, 6.45) is 8.52. The van der Waals surface area contributed by atoms with Crippen molar-refractivity contribution in [3.8, 4) is 0 Å². The van der Waals surface area contributed by atoms with E-state index in [1.165, 1.54) is 49.7 Å². The Morgan fingerprint density at radius 1 is 1.22 bits per heavy atom. The fourth-order valence-corrected chi connectivity index (χ4v) is 3.10. The standard InChI is InChI=1S/C16H24ClN/c1-13-7-8-15(16(17)11-13)12-18-10-9-14-5-3-2-4-6-14/h7-8,11,14,18H,2-6,9-10,12H2,1H3. The largest absolute Gasteiger partial charge is 0.313 e. The summed E-state index contributed by atoms with van der Waals surface area (Å²) in [4.78, 5) is 0. The van der Waals surface area contributed by atoms with E-state index in [4.69, 9.17) is 11.6 Å². The lowest BCUT2D eigenvalue weighted by Gasteiger charge is -2.21. The minimum Gasteiger partial charge on any atom is -0.313 e. The molecule has 0 aromatic heterocycles. The maximum absolute atomic E-state index is 6.22. The average molecular weight is 266 g/mol. The van der Waals surface area contributed by atoms with Gasteiger partial charge in [-0.1, -0.05) is 55.8 Å². The van der Waals surface area contributed by atoms with E-state index < -0.39 is 0 Å². The van der Waals surface area contributed by atoms with Crippen LogP contribution in [0.15, 0.2) is 18.2 Å². The summed E-state index contributed by atoms with van der Waals surface area (Å²) in [5.41, 5.74) is 2.44. The molecule has 1 nitrogen and oxygen atoms in total. The van der Waals surface area contributed by atoms with Crippen LogP contribution in [-0.2, 0) is 6.54 Å². The average Bonchev–Trinajstić information content (AvgIpc) is 2.38. The Kier molecular flexibility index (Phi) is 5.52. The van der Waals surface area contributed by atoms with Crippen molar-refractivity contribution in [3.63, 3.8) is 0 Å². The van der Waals surface area contributed by atoms with Gasteiger partial charge in [-0.15, -0.1) is 0 Å². The molecule has 100 valence electrons. The van der Waals surface area contributed by atoms with Crippen molar-refractivity contribution in [2.45, 2.75) is 52.0 Å². The Morgan fingerprint density at radius 3 is 2.72 bits per heavy atom. The second-order valence-electron chi connectivity index (χ2n) is 5.56. The molecule has 2 rings (SSSR count). The summed E-state index contributed by atoms with van der Waals surface area (Å²) >= 11 is 6.22. The van der Waals surface area contributed by atoms with E-state index in [9.17, 15) is 0 Å². The van der Waals surface area contributed by atoms with Crippen LogP contribution in [0.1, 0.15) is 49.7 Å². The Balaban J connectivity index is 1.68. The Bertz CT molecular complexity index is 369. The molecular weight excluding hydrogens is 242 g/mol. The molecule has 1 aliphatic carbocycles. The molecule has 1 aromatic carbocycles. The monoisotopic (exact) mass is 265 g/mol. The van der Waals surface area contributed by atoms with E-state index in [0.717, 1.165) is 24.0 Å². The van der Waals surface area contributed by atoms with Crippen molar-refractivity contribution >= 4 is 11.6 Å². The molecule has 1 aromatic rings. The van der Waals surface area contributed by atoms with Crippen molar-refractivity contribution < 1.29 is 0 Å². The van der Waals surface area contributed by atoms with Crippen LogP contribution in [0.2, 0.25) is 5.02 Å². The van der Waals surface area contributed by atoms with Gasteiger partial charge in [0, 0.05) is 11.6 Å². The topological polar surface area (TPSA) is 12.0 Å².